The van der Waals surface area contributed by atoms with Crippen LogP contribution in [0.15, 0.2) is 54.6 Å². The van der Waals surface area contributed by atoms with Gasteiger partial charge in [-0.3, -0.25) is 9.89 Å². The second-order valence-electron chi connectivity index (χ2n) is 7.41. The van der Waals surface area contributed by atoms with Gasteiger partial charge in [0.05, 0.1) is 36.6 Å². The zero-order chi connectivity index (χ0) is 23.2. The summed E-state index contributed by atoms with van der Waals surface area (Å²) in [5.74, 6) is 1.31. The van der Waals surface area contributed by atoms with Crippen LogP contribution in [0, 0.1) is 0 Å². The van der Waals surface area contributed by atoms with Crippen LogP contribution in [0.3, 0.4) is 0 Å². The topological polar surface area (TPSA) is 98.4 Å². The van der Waals surface area contributed by atoms with Gasteiger partial charge in [-0.1, -0.05) is 0 Å². The smallest absolute Gasteiger partial charge is 0.252 e. The first-order valence-electron chi connectivity index (χ1n) is 10.6. The molecule has 2 heterocycles. The molecular formula is C25H26N4O4. The normalized spacial score (nSPS) is 10.9. The molecule has 0 saturated carbocycles. The van der Waals surface area contributed by atoms with Gasteiger partial charge in [0.25, 0.3) is 5.91 Å². The Balaban J connectivity index is 1.80. The van der Waals surface area contributed by atoms with E-state index in [4.69, 9.17) is 19.2 Å². The summed E-state index contributed by atoms with van der Waals surface area (Å²) in [5, 5.41) is 11.1. The van der Waals surface area contributed by atoms with E-state index < -0.39 is 0 Å². The van der Waals surface area contributed by atoms with E-state index in [1.165, 1.54) is 0 Å². The van der Waals surface area contributed by atoms with Gasteiger partial charge in [0.2, 0.25) is 0 Å². The molecule has 8 nitrogen and oxygen atoms in total. The third-order valence-electron chi connectivity index (χ3n) is 5.34. The van der Waals surface area contributed by atoms with Gasteiger partial charge in [-0.2, -0.15) is 5.10 Å². The number of hydrogen-bond acceptors (Lipinski definition) is 6. The summed E-state index contributed by atoms with van der Waals surface area (Å²) < 4.78 is 15.6. The number of ether oxygens (including phenoxy) is 3. The summed E-state index contributed by atoms with van der Waals surface area (Å²) in [5.41, 5.74) is 4.09. The Kier molecular flexibility index (Phi) is 6.85. The van der Waals surface area contributed by atoms with Crippen molar-refractivity contribution in [3.63, 3.8) is 0 Å². The highest BCUT2D eigenvalue weighted by Gasteiger charge is 2.20. The second kappa shape index (κ2) is 10.1. The fourth-order valence-corrected chi connectivity index (χ4v) is 3.59. The Morgan fingerprint density at radius 1 is 0.939 bits per heavy atom. The molecule has 170 valence electrons. The number of benzene rings is 2. The van der Waals surface area contributed by atoms with E-state index >= 15 is 0 Å². The average Bonchev–Trinajstić information content (AvgIpc) is 3.30. The molecule has 0 aliphatic heterocycles. The Morgan fingerprint density at radius 2 is 1.58 bits per heavy atom. The molecule has 8 heteroatoms. The molecule has 0 bridgehead atoms. The Labute approximate surface area is 191 Å². The first kappa shape index (κ1) is 22.3. The zero-order valence-electron chi connectivity index (χ0n) is 18.8. The minimum atomic E-state index is -0.190. The molecule has 0 fully saturated rings. The average molecular weight is 447 g/mol. The quantitative estimate of drug-likeness (QED) is 0.376. The lowest BCUT2D eigenvalue weighted by Crippen LogP contribution is -2.25. The summed E-state index contributed by atoms with van der Waals surface area (Å²) >= 11 is 0. The second-order valence-corrected chi connectivity index (χ2v) is 7.41. The lowest BCUT2D eigenvalue weighted by Gasteiger charge is -2.10. The van der Waals surface area contributed by atoms with Gasteiger partial charge in [-0.15, -0.1) is 0 Å². The largest absolute Gasteiger partial charge is 0.497 e. The van der Waals surface area contributed by atoms with Crippen LogP contribution in [0.1, 0.15) is 16.8 Å². The molecule has 0 spiro atoms. The Hall–Kier alpha value is -3.91. The first-order valence-corrected chi connectivity index (χ1v) is 10.6. The lowest BCUT2D eigenvalue weighted by molar-refractivity contribution is 0.0950. The number of pyridine rings is 1. The van der Waals surface area contributed by atoms with Gasteiger partial charge in [0.15, 0.2) is 5.65 Å². The molecule has 0 radical (unpaired) electrons. The van der Waals surface area contributed by atoms with Crippen LogP contribution >= 0.6 is 0 Å². The number of nitrogens with zero attached hydrogens (tertiary/aromatic N) is 2. The van der Waals surface area contributed by atoms with Crippen molar-refractivity contribution in [3.05, 3.63) is 60.2 Å². The first-order chi connectivity index (χ1) is 16.1. The monoisotopic (exact) mass is 446 g/mol. The fourth-order valence-electron chi connectivity index (χ4n) is 3.59. The van der Waals surface area contributed by atoms with E-state index in [0.29, 0.717) is 35.4 Å². The minimum absolute atomic E-state index is 0.190. The Bertz CT molecular complexity index is 1230. The van der Waals surface area contributed by atoms with Gasteiger partial charge in [-0.05, 0) is 61.0 Å². The molecule has 1 amide bonds. The van der Waals surface area contributed by atoms with Crippen LogP contribution < -0.4 is 14.8 Å². The van der Waals surface area contributed by atoms with Crippen LogP contribution in [0.5, 0.6) is 11.5 Å². The van der Waals surface area contributed by atoms with E-state index in [9.17, 15) is 4.79 Å². The molecule has 4 aromatic rings. The molecule has 4 rings (SSSR count). The molecule has 0 saturated heterocycles. The zero-order valence-corrected chi connectivity index (χ0v) is 18.8. The van der Waals surface area contributed by atoms with Crippen LogP contribution in [0.25, 0.3) is 33.5 Å². The molecular weight excluding hydrogens is 420 g/mol. The molecule has 2 aromatic carbocycles. The number of methoxy groups -OCH3 is 3. The maximum atomic E-state index is 13.2. The van der Waals surface area contributed by atoms with Gasteiger partial charge in [-0.25, -0.2) is 4.98 Å². The van der Waals surface area contributed by atoms with Crippen molar-refractivity contribution in [1.82, 2.24) is 20.5 Å². The Morgan fingerprint density at radius 3 is 2.18 bits per heavy atom. The number of amides is 1. The van der Waals surface area contributed by atoms with Crippen molar-refractivity contribution in [3.8, 4) is 34.0 Å². The third kappa shape index (κ3) is 4.80. The van der Waals surface area contributed by atoms with Crippen molar-refractivity contribution >= 4 is 16.9 Å². The number of aromatic amines is 1. The number of H-pyrrole nitrogens is 1. The predicted molar refractivity (Wildman–Crippen MR) is 127 cm³/mol. The summed E-state index contributed by atoms with van der Waals surface area (Å²) in [6, 6.07) is 16.9. The van der Waals surface area contributed by atoms with Crippen molar-refractivity contribution < 1.29 is 19.0 Å². The highest BCUT2D eigenvalue weighted by molar-refractivity contribution is 6.11. The molecule has 0 unspecified atom stereocenters. The number of fused-ring (bicyclic) bond motifs is 1. The summed E-state index contributed by atoms with van der Waals surface area (Å²) in [4.78, 5) is 18.0. The minimum Gasteiger partial charge on any atom is -0.497 e. The van der Waals surface area contributed by atoms with Crippen molar-refractivity contribution in [2.75, 3.05) is 34.5 Å². The molecule has 2 N–H and O–H groups in total. The standard InChI is InChI=1S/C25H26N4O4/c1-31-14-4-13-26-25(30)20-15-21(16-5-9-18(32-2)10-6-16)27-24-22(20)23(28-29-24)17-7-11-19(33-3)12-8-17/h5-12,15H,4,13-14H2,1-3H3,(H,26,30)(H,27,28,29). The summed E-state index contributed by atoms with van der Waals surface area (Å²) in [6.07, 6.45) is 0.721. The van der Waals surface area contributed by atoms with Gasteiger partial charge < -0.3 is 19.5 Å². The summed E-state index contributed by atoms with van der Waals surface area (Å²) in [7, 11) is 4.88. The predicted octanol–water partition coefficient (Wildman–Crippen LogP) is 4.08. The van der Waals surface area contributed by atoms with Gasteiger partial charge in [0, 0.05) is 31.4 Å². The van der Waals surface area contributed by atoms with E-state index in [2.05, 4.69) is 15.5 Å². The van der Waals surface area contributed by atoms with E-state index in [0.717, 1.165) is 34.7 Å². The van der Waals surface area contributed by atoms with Crippen LogP contribution in [-0.4, -0.2) is 55.6 Å². The number of aromatic nitrogens is 3. The van der Waals surface area contributed by atoms with Crippen molar-refractivity contribution in [2.45, 2.75) is 6.42 Å². The van der Waals surface area contributed by atoms with Gasteiger partial charge >= 0.3 is 0 Å². The molecule has 33 heavy (non-hydrogen) atoms. The summed E-state index contributed by atoms with van der Waals surface area (Å²) in [6.45, 7) is 1.08. The molecule has 0 atom stereocenters. The third-order valence-corrected chi connectivity index (χ3v) is 5.34. The van der Waals surface area contributed by atoms with Crippen LogP contribution in [0.2, 0.25) is 0 Å². The lowest BCUT2D eigenvalue weighted by atomic mass is 10.0. The van der Waals surface area contributed by atoms with E-state index in [1.807, 2.05) is 48.5 Å². The maximum absolute atomic E-state index is 13.2. The van der Waals surface area contributed by atoms with Crippen molar-refractivity contribution in [2.24, 2.45) is 0 Å². The number of hydrogen-bond donors (Lipinski definition) is 2. The number of carbonyl (C=O) groups excluding carboxylic acids is 1. The fraction of sp³-hybridized carbons (Fsp3) is 0.240. The molecule has 2 aromatic heterocycles. The number of rotatable bonds is 9. The van der Waals surface area contributed by atoms with E-state index in [1.54, 1.807) is 27.4 Å². The highest BCUT2D eigenvalue weighted by Crippen LogP contribution is 2.32. The van der Waals surface area contributed by atoms with Crippen molar-refractivity contribution in [1.29, 1.82) is 0 Å². The molecule has 0 aliphatic rings. The van der Waals surface area contributed by atoms with Crippen LogP contribution in [0.4, 0.5) is 0 Å². The van der Waals surface area contributed by atoms with E-state index in [-0.39, 0.29) is 5.91 Å². The molecule has 0 aliphatic carbocycles. The maximum Gasteiger partial charge on any atom is 0.252 e. The SMILES string of the molecule is COCCCNC(=O)c1cc(-c2ccc(OC)cc2)nc2n[nH]c(-c3ccc(OC)cc3)c12. The van der Waals surface area contributed by atoms with Crippen LogP contribution in [-0.2, 0) is 4.74 Å². The van der Waals surface area contributed by atoms with Gasteiger partial charge in [0.1, 0.15) is 11.5 Å². The highest BCUT2D eigenvalue weighted by atomic mass is 16.5. The number of carbonyl (C=O) groups is 1. The number of nitrogens with one attached hydrogen (secondary N) is 2.